The largest absolute Gasteiger partial charge is 0.393 e. The molecule has 3 N–H and O–H groups in total. The van der Waals surface area contributed by atoms with E-state index in [-0.39, 0.29) is 10.9 Å². The van der Waals surface area contributed by atoms with Gasteiger partial charge in [-0.05, 0) is 19.8 Å². The molecule has 1 unspecified atom stereocenters. The monoisotopic (exact) mass is 258 g/mol. The maximum absolute atomic E-state index is 11.5. The fourth-order valence-corrected chi connectivity index (χ4v) is 2.02. The average Bonchev–Trinajstić information content (AvgIpc) is 2.34. The van der Waals surface area contributed by atoms with Crippen LogP contribution >= 0.6 is 12.2 Å². The van der Waals surface area contributed by atoms with Crippen molar-refractivity contribution in [3.63, 3.8) is 0 Å². The van der Waals surface area contributed by atoms with Gasteiger partial charge in [-0.3, -0.25) is 4.79 Å². The number of rotatable bonds is 6. The van der Waals surface area contributed by atoms with Crippen molar-refractivity contribution in [2.75, 3.05) is 13.2 Å². The number of carbonyl (C=O) groups is 1. The minimum Gasteiger partial charge on any atom is -0.393 e. The van der Waals surface area contributed by atoms with E-state index in [2.05, 4.69) is 5.32 Å². The van der Waals surface area contributed by atoms with Gasteiger partial charge in [-0.2, -0.15) is 0 Å². The fourth-order valence-electron chi connectivity index (χ4n) is 1.91. The van der Waals surface area contributed by atoms with Gasteiger partial charge in [0.15, 0.2) is 0 Å². The van der Waals surface area contributed by atoms with Crippen LogP contribution in [0.15, 0.2) is 0 Å². The highest BCUT2D eigenvalue weighted by Gasteiger charge is 2.16. The first kappa shape index (κ1) is 14.4. The lowest BCUT2D eigenvalue weighted by molar-refractivity contribution is -0.123. The molecular formula is C12H22N2O2S. The zero-order valence-corrected chi connectivity index (χ0v) is 11.2. The predicted molar refractivity (Wildman–Crippen MR) is 71.8 cm³/mol. The summed E-state index contributed by atoms with van der Waals surface area (Å²) in [4.78, 5) is 11.7. The first-order chi connectivity index (χ1) is 8.11. The minimum atomic E-state index is -0.403. The normalized spacial score (nSPS) is 18.6. The molecule has 17 heavy (non-hydrogen) atoms. The molecule has 1 rings (SSSR count). The standard InChI is InChI=1S/C12H22N2O2S/c1-9(11(13)17)12(15)14-7-8-16-10-5-3-2-4-6-10/h9-10H,2-8H2,1H3,(H2,13,17)(H,14,15). The highest BCUT2D eigenvalue weighted by Crippen LogP contribution is 2.19. The van der Waals surface area contributed by atoms with Crippen molar-refractivity contribution < 1.29 is 9.53 Å². The number of hydrogen-bond acceptors (Lipinski definition) is 3. The number of nitrogens with one attached hydrogen (secondary N) is 1. The number of amides is 1. The number of hydrogen-bond donors (Lipinski definition) is 2. The van der Waals surface area contributed by atoms with E-state index in [4.69, 9.17) is 22.7 Å². The summed E-state index contributed by atoms with van der Waals surface area (Å²) in [6, 6.07) is 0. The third kappa shape index (κ3) is 5.46. The summed E-state index contributed by atoms with van der Waals surface area (Å²) in [5.74, 6) is -0.524. The van der Waals surface area contributed by atoms with Crippen LogP contribution in [0.1, 0.15) is 39.0 Å². The van der Waals surface area contributed by atoms with Gasteiger partial charge in [0, 0.05) is 6.54 Å². The molecule has 1 aliphatic carbocycles. The molecule has 1 amide bonds. The van der Waals surface area contributed by atoms with Crippen molar-refractivity contribution in [3.8, 4) is 0 Å². The van der Waals surface area contributed by atoms with Crippen molar-refractivity contribution in [1.82, 2.24) is 5.32 Å². The summed E-state index contributed by atoms with van der Waals surface area (Å²) in [5.41, 5.74) is 5.40. The van der Waals surface area contributed by atoms with Crippen molar-refractivity contribution >= 4 is 23.1 Å². The summed E-state index contributed by atoms with van der Waals surface area (Å²) in [6.45, 7) is 2.81. The molecule has 0 aromatic heterocycles. The number of nitrogens with two attached hydrogens (primary N) is 1. The molecule has 1 aliphatic rings. The molecule has 0 heterocycles. The van der Waals surface area contributed by atoms with Crippen molar-refractivity contribution in [2.24, 2.45) is 11.7 Å². The maximum atomic E-state index is 11.5. The molecule has 1 saturated carbocycles. The van der Waals surface area contributed by atoms with Crippen LogP contribution in [0.25, 0.3) is 0 Å². The van der Waals surface area contributed by atoms with E-state index in [9.17, 15) is 4.79 Å². The van der Waals surface area contributed by atoms with Crippen molar-refractivity contribution in [3.05, 3.63) is 0 Å². The van der Waals surface area contributed by atoms with Crippen LogP contribution < -0.4 is 11.1 Å². The fraction of sp³-hybridized carbons (Fsp3) is 0.833. The van der Waals surface area contributed by atoms with Crippen LogP contribution in [-0.4, -0.2) is 30.2 Å². The van der Waals surface area contributed by atoms with Crippen molar-refractivity contribution in [1.29, 1.82) is 0 Å². The average molecular weight is 258 g/mol. The summed E-state index contributed by atoms with van der Waals surface area (Å²) >= 11 is 4.76. The van der Waals surface area contributed by atoms with E-state index in [0.29, 0.717) is 19.3 Å². The van der Waals surface area contributed by atoms with Gasteiger partial charge in [-0.15, -0.1) is 0 Å². The topological polar surface area (TPSA) is 64.3 Å². The van der Waals surface area contributed by atoms with Crippen molar-refractivity contribution in [2.45, 2.75) is 45.1 Å². The Hall–Kier alpha value is -0.680. The van der Waals surface area contributed by atoms with E-state index in [1.54, 1.807) is 6.92 Å². The van der Waals surface area contributed by atoms with Gasteiger partial charge in [-0.1, -0.05) is 31.5 Å². The lowest BCUT2D eigenvalue weighted by atomic mass is 9.98. The SMILES string of the molecule is CC(C(=O)NCCOC1CCCCC1)C(N)=S. The molecule has 98 valence electrons. The molecule has 0 radical (unpaired) electrons. The molecule has 1 fully saturated rings. The second kappa shape index (κ2) is 7.61. The van der Waals surface area contributed by atoms with Gasteiger partial charge in [0.2, 0.25) is 5.91 Å². The summed E-state index contributed by atoms with van der Waals surface area (Å²) in [5, 5.41) is 2.77. The highest BCUT2D eigenvalue weighted by molar-refractivity contribution is 7.80. The zero-order chi connectivity index (χ0) is 12.7. The molecule has 5 heteroatoms. The smallest absolute Gasteiger partial charge is 0.229 e. The second-order valence-corrected chi connectivity index (χ2v) is 5.02. The van der Waals surface area contributed by atoms with Gasteiger partial charge in [0.05, 0.1) is 23.6 Å². The highest BCUT2D eigenvalue weighted by atomic mass is 32.1. The van der Waals surface area contributed by atoms with E-state index >= 15 is 0 Å². The first-order valence-corrected chi connectivity index (χ1v) is 6.70. The molecule has 0 spiro atoms. The van der Waals surface area contributed by atoms with Crippen LogP contribution in [0.5, 0.6) is 0 Å². The van der Waals surface area contributed by atoms with Gasteiger partial charge in [-0.25, -0.2) is 0 Å². The Bertz CT molecular complexity index is 265. The Morgan fingerprint density at radius 2 is 2.12 bits per heavy atom. The second-order valence-electron chi connectivity index (χ2n) is 4.55. The quantitative estimate of drug-likeness (QED) is 0.558. The van der Waals surface area contributed by atoms with Gasteiger partial charge in [0.25, 0.3) is 0 Å². The molecule has 0 bridgehead atoms. The molecule has 4 nitrogen and oxygen atoms in total. The van der Waals surface area contributed by atoms with Crippen LogP contribution in [0.4, 0.5) is 0 Å². The molecule has 0 aromatic rings. The summed E-state index contributed by atoms with van der Waals surface area (Å²) < 4.78 is 5.69. The summed E-state index contributed by atoms with van der Waals surface area (Å²) in [7, 11) is 0. The minimum absolute atomic E-state index is 0.121. The molecule has 0 aliphatic heterocycles. The van der Waals surface area contributed by atoms with E-state index in [1.165, 1.54) is 19.3 Å². The lowest BCUT2D eigenvalue weighted by Gasteiger charge is -2.22. The number of thiocarbonyl (C=S) groups is 1. The molecule has 1 atom stereocenters. The van der Waals surface area contributed by atoms with E-state index < -0.39 is 5.92 Å². The number of carbonyl (C=O) groups excluding carboxylic acids is 1. The Morgan fingerprint density at radius 1 is 1.47 bits per heavy atom. The van der Waals surface area contributed by atoms with Crippen LogP contribution in [0.3, 0.4) is 0 Å². The summed E-state index contributed by atoms with van der Waals surface area (Å²) in [6.07, 6.45) is 6.52. The zero-order valence-electron chi connectivity index (χ0n) is 10.4. The van der Waals surface area contributed by atoms with E-state index in [0.717, 1.165) is 12.8 Å². The number of ether oxygens (including phenoxy) is 1. The van der Waals surface area contributed by atoms with E-state index in [1.807, 2.05) is 0 Å². The van der Waals surface area contributed by atoms with Crippen LogP contribution in [0, 0.1) is 5.92 Å². The van der Waals surface area contributed by atoms with Crippen LogP contribution in [0.2, 0.25) is 0 Å². The van der Waals surface area contributed by atoms with Crippen LogP contribution in [-0.2, 0) is 9.53 Å². The third-order valence-electron chi connectivity index (χ3n) is 3.13. The maximum Gasteiger partial charge on any atom is 0.229 e. The third-order valence-corrected chi connectivity index (χ3v) is 3.48. The van der Waals surface area contributed by atoms with Gasteiger partial charge < -0.3 is 15.8 Å². The Morgan fingerprint density at radius 3 is 2.71 bits per heavy atom. The first-order valence-electron chi connectivity index (χ1n) is 6.30. The predicted octanol–water partition coefficient (Wildman–Crippen LogP) is 1.37. The Balaban J connectivity index is 2.07. The van der Waals surface area contributed by atoms with Gasteiger partial charge >= 0.3 is 0 Å². The molecular weight excluding hydrogens is 236 g/mol. The Kier molecular flexibility index (Phi) is 6.44. The lowest BCUT2D eigenvalue weighted by Crippen LogP contribution is -2.38. The van der Waals surface area contributed by atoms with Gasteiger partial charge in [0.1, 0.15) is 0 Å². The molecule has 0 saturated heterocycles. The Labute approximate surface area is 108 Å². The molecule has 0 aromatic carbocycles.